The molecule has 2 unspecified atom stereocenters. The van der Waals surface area contributed by atoms with Crippen molar-refractivity contribution in [1.82, 2.24) is 10.2 Å². The molecule has 2 N–H and O–H groups in total. The molecule has 0 amide bonds. The monoisotopic (exact) mass is 296 g/mol. The minimum absolute atomic E-state index is 0.431. The fraction of sp³-hybridized carbons (Fsp3) is 0.625. The quantitative estimate of drug-likeness (QED) is 0.877. The summed E-state index contributed by atoms with van der Waals surface area (Å²) in [6, 6.07) is 7.92. The largest absolute Gasteiger partial charge is 0.387 e. The normalized spacial score (nSPS) is 20.8. The van der Waals surface area contributed by atoms with E-state index in [0.717, 1.165) is 5.56 Å². The molecule has 0 spiro atoms. The second-order valence-corrected chi connectivity index (χ2v) is 6.28. The number of likely N-dealkylation sites (tertiary alicyclic amines) is 1. The third-order valence-corrected chi connectivity index (χ3v) is 4.71. The van der Waals surface area contributed by atoms with Crippen LogP contribution in [-0.2, 0) is 0 Å². The predicted molar refractivity (Wildman–Crippen MR) is 84.1 cm³/mol. The highest BCUT2D eigenvalue weighted by atomic mass is 35.5. The van der Waals surface area contributed by atoms with E-state index < -0.39 is 6.10 Å². The van der Waals surface area contributed by atoms with Gasteiger partial charge in [-0.3, -0.25) is 0 Å². The second-order valence-electron chi connectivity index (χ2n) is 5.87. The van der Waals surface area contributed by atoms with Gasteiger partial charge in [-0.1, -0.05) is 29.8 Å². The summed E-state index contributed by atoms with van der Waals surface area (Å²) in [5, 5.41) is 14.3. The Morgan fingerprint density at radius 3 is 2.65 bits per heavy atom. The number of hydrogen-bond donors (Lipinski definition) is 2. The summed E-state index contributed by atoms with van der Waals surface area (Å²) >= 11 is 6.11. The maximum Gasteiger partial charge on any atom is 0.0928 e. The van der Waals surface area contributed by atoms with E-state index in [2.05, 4.69) is 24.2 Å². The molecule has 1 aromatic rings. The molecular formula is C16H25ClN2O. The first-order valence-corrected chi connectivity index (χ1v) is 7.80. The lowest BCUT2D eigenvalue weighted by molar-refractivity contribution is 0.150. The number of nitrogens with zero attached hydrogens (tertiary/aromatic N) is 1. The number of aliphatic hydroxyl groups is 1. The Labute approximate surface area is 126 Å². The third-order valence-electron chi connectivity index (χ3n) is 4.37. The van der Waals surface area contributed by atoms with E-state index in [4.69, 9.17) is 11.6 Å². The molecule has 2 rings (SSSR count). The fourth-order valence-electron chi connectivity index (χ4n) is 2.85. The SMILES string of the molecule is CC(NCC(O)c1ccccc1Cl)C1CCN(C)CC1. The van der Waals surface area contributed by atoms with Crippen LogP contribution in [0.25, 0.3) is 0 Å². The van der Waals surface area contributed by atoms with Crippen molar-refractivity contribution in [3.63, 3.8) is 0 Å². The zero-order chi connectivity index (χ0) is 14.5. The van der Waals surface area contributed by atoms with Crippen molar-refractivity contribution < 1.29 is 5.11 Å². The lowest BCUT2D eigenvalue weighted by atomic mass is 9.90. The van der Waals surface area contributed by atoms with Crippen molar-refractivity contribution in [1.29, 1.82) is 0 Å². The van der Waals surface area contributed by atoms with E-state index in [1.807, 2.05) is 24.3 Å². The van der Waals surface area contributed by atoms with Crippen LogP contribution in [-0.4, -0.2) is 42.7 Å². The summed E-state index contributed by atoms with van der Waals surface area (Å²) in [7, 11) is 2.18. The van der Waals surface area contributed by atoms with Gasteiger partial charge in [0.25, 0.3) is 0 Å². The molecule has 20 heavy (non-hydrogen) atoms. The topological polar surface area (TPSA) is 35.5 Å². The van der Waals surface area contributed by atoms with Crippen molar-refractivity contribution in [2.75, 3.05) is 26.7 Å². The summed E-state index contributed by atoms with van der Waals surface area (Å²) in [5.41, 5.74) is 0.803. The zero-order valence-corrected chi connectivity index (χ0v) is 13.1. The minimum Gasteiger partial charge on any atom is -0.387 e. The van der Waals surface area contributed by atoms with Gasteiger partial charge in [-0.05, 0) is 51.9 Å². The number of rotatable bonds is 5. The Kier molecular flexibility index (Phi) is 5.85. The number of aliphatic hydroxyl groups excluding tert-OH is 1. The number of piperidine rings is 1. The lowest BCUT2D eigenvalue weighted by Crippen LogP contribution is -2.41. The molecule has 1 fully saturated rings. The highest BCUT2D eigenvalue weighted by Crippen LogP contribution is 2.23. The Bertz CT molecular complexity index is 419. The Morgan fingerprint density at radius 2 is 2.00 bits per heavy atom. The molecule has 1 aliphatic rings. The van der Waals surface area contributed by atoms with Gasteiger partial charge >= 0.3 is 0 Å². The molecule has 1 aliphatic heterocycles. The summed E-state index contributed by atoms with van der Waals surface area (Å²) in [4.78, 5) is 2.38. The molecule has 4 heteroatoms. The molecule has 1 saturated heterocycles. The molecule has 3 nitrogen and oxygen atoms in total. The number of hydrogen-bond acceptors (Lipinski definition) is 3. The number of nitrogens with one attached hydrogen (secondary N) is 1. The molecule has 2 atom stereocenters. The Hall–Kier alpha value is -0.610. The van der Waals surface area contributed by atoms with Crippen molar-refractivity contribution >= 4 is 11.6 Å². The summed E-state index contributed by atoms with van der Waals surface area (Å²) in [6.45, 7) is 5.11. The van der Waals surface area contributed by atoms with Crippen LogP contribution in [0.5, 0.6) is 0 Å². The van der Waals surface area contributed by atoms with Gasteiger partial charge in [0, 0.05) is 23.2 Å². The predicted octanol–water partition coefficient (Wildman–Crippen LogP) is 2.69. The molecule has 1 aromatic carbocycles. The summed E-state index contributed by atoms with van der Waals surface area (Å²) in [6.07, 6.45) is 1.91. The van der Waals surface area contributed by atoms with E-state index in [9.17, 15) is 5.11 Å². The van der Waals surface area contributed by atoms with Crippen LogP contribution in [0.1, 0.15) is 31.4 Å². The summed E-state index contributed by atoms with van der Waals surface area (Å²) < 4.78 is 0. The van der Waals surface area contributed by atoms with Gasteiger partial charge in [-0.25, -0.2) is 0 Å². The smallest absolute Gasteiger partial charge is 0.0928 e. The molecule has 0 radical (unpaired) electrons. The van der Waals surface area contributed by atoms with Gasteiger partial charge in [0.2, 0.25) is 0 Å². The van der Waals surface area contributed by atoms with E-state index in [1.54, 1.807) is 0 Å². The van der Waals surface area contributed by atoms with Gasteiger partial charge in [-0.2, -0.15) is 0 Å². The van der Waals surface area contributed by atoms with Gasteiger partial charge in [0.15, 0.2) is 0 Å². The molecule has 112 valence electrons. The third kappa shape index (κ3) is 4.19. The first-order chi connectivity index (χ1) is 9.58. The van der Waals surface area contributed by atoms with Crippen LogP contribution in [0, 0.1) is 5.92 Å². The van der Waals surface area contributed by atoms with Crippen molar-refractivity contribution in [2.24, 2.45) is 5.92 Å². The van der Waals surface area contributed by atoms with E-state index >= 15 is 0 Å². The van der Waals surface area contributed by atoms with E-state index in [-0.39, 0.29) is 0 Å². The molecular weight excluding hydrogens is 272 g/mol. The van der Waals surface area contributed by atoms with Crippen LogP contribution in [0.4, 0.5) is 0 Å². The number of benzene rings is 1. The lowest BCUT2D eigenvalue weighted by Gasteiger charge is -2.33. The molecule has 1 heterocycles. The first kappa shape index (κ1) is 15.8. The second kappa shape index (κ2) is 7.41. The average molecular weight is 297 g/mol. The van der Waals surface area contributed by atoms with Crippen molar-refractivity contribution in [3.8, 4) is 0 Å². The van der Waals surface area contributed by atoms with Gasteiger partial charge in [0.1, 0.15) is 0 Å². The van der Waals surface area contributed by atoms with Crippen LogP contribution in [0.3, 0.4) is 0 Å². The first-order valence-electron chi connectivity index (χ1n) is 7.42. The minimum atomic E-state index is -0.544. The van der Waals surface area contributed by atoms with Gasteiger partial charge in [-0.15, -0.1) is 0 Å². The maximum atomic E-state index is 10.2. The van der Waals surface area contributed by atoms with Crippen molar-refractivity contribution in [3.05, 3.63) is 34.9 Å². The average Bonchev–Trinajstić information content (AvgIpc) is 2.45. The standard InChI is InChI=1S/C16H25ClN2O/c1-12(13-7-9-19(2)10-8-13)18-11-16(20)14-5-3-4-6-15(14)17/h3-6,12-13,16,18,20H,7-11H2,1-2H3. The zero-order valence-electron chi connectivity index (χ0n) is 12.3. The Balaban J connectivity index is 1.81. The fourth-order valence-corrected chi connectivity index (χ4v) is 3.11. The van der Waals surface area contributed by atoms with Crippen LogP contribution < -0.4 is 5.32 Å². The Morgan fingerprint density at radius 1 is 1.35 bits per heavy atom. The van der Waals surface area contributed by atoms with Gasteiger partial charge < -0.3 is 15.3 Å². The molecule has 0 aliphatic carbocycles. The molecule has 0 saturated carbocycles. The van der Waals surface area contributed by atoms with Crippen LogP contribution >= 0.6 is 11.6 Å². The van der Waals surface area contributed by atoms with E-state index in [1.165, 1.54) is 25.9 Å². The van der Waals surface area contributed by atoms with Crippen LogP contribution in [0.2, 0.25) is 5.02 Å². The summed E-state index contributed by atoms with van der Waals surface area (Å²) in [5.74, 6) is 0.699. The maximum absolute atomic E-state index is 10.2. The molecule has 0 aromatic heterocycles. The highest BCUT2D eigenvalue weighted by molar-refractivity contribution is 6.31. The van der Waals surface area contributed by atoms with Gasteiger partial charge in [0.05, 0.1) is 6.10 Å². The van der Waals surface area contributed by atoms with Crippen LogP contribution in [0.15, 0.2) is 24.3 Å². The highest BCUT2D eigenvalue weighted by Gasteiger charge is 2.22. The molecule has 0 bridgehead atoms. The van der Waals surface area contributed by atoms with Crippen molar-refractivity contribution in [2.45, 2.75) is 31.9 Å². The number of halogens is 1. The van der Waals surface area contributed by atoms with E-state index in [0.29, 0.717) is 23.5 Å².